The molecule has 5 heteroatoms. The topological polar surface area (TPSA) is 74.4 Å². The predicted octanol–water partition coefficient (Wildman–Crippen LogP) is 2.40. The van der Waals surface area contributed by atoms with Crippen molar-refractivity contribution in [2.45, 2.75) is 25.0 Å². The highest BCUT2D eigenvalue weighted by Crippen LogP contribution is 2.24. The summed E-state index contributed by atoms with van der Waals surface area (Å²) in [7, 11) is 1.63. The molecule has 1 fully saturated rings. The number of nitrogens with two attached hydrogens (primary N) is 1. The fourth-order valence-corrected chi connectivity index (χ4v) is 2.38. The second kappa shape index (κ2) is 6.15. The van der Waals surface area contributed by atoms with Crippen molar-refractivity contribution in [1.82, 2.24) is 4.98 Å². The Morgan fingerprint density at radius 2 is 1.82 bits per heavy atom. The van der Waals surface area contributed by atoms with Crippen molar-refractivity contribution in [2.75, 3.05) is 7.11 Å². The van der Waals surface area contributed by atoms with Crippen molar-refractivity contribution < 1.29 is 14.3 Å². The van der Waals surface area contributed by atoms with Crippen LogP contribution in [0.25, 0.3) is 11.1 Å². The molecule has 114 valence electrons. The first-order valence-corrected chi connectivity index (χ1v) is 7.23. The highest BCUT2D eigenvalue weighted by atomic mass is 16.5. The molecule has 1 heterocycles. The second-order valence-corrected chi connectivity index (χ2v) is 5.42. The van der Waals surface area contributed by atoms with Gasteiger partial charge in [0.05, 0.1) is 7.11 Å². The van der Waals surface area contributed by atoms with Gasteiger partial charge in [0.25, 0.3) is 0 Å². The summed E-state index contributed by atoms with van der Waals surface area (Å²) in [5, 5.41) is 0. The standard InChI is InChI=1S/C17H18N2O3/c1-21-14-5-2-11(3-6-14)12-4-7-16(19-10-12)17(20)22-15-8-13(18)9-15/h2-7,10,13,15H,8-9,18H2,1H3. The van der Waals surface area contributed by atoms with Crippen LogP contribution in [0.4, 0.5) is 0 Å². The van der Waals surface area contributed by atoms with Crippen molar-refractivity contribution >= 4 is 5.97 Å². The van der Waals surface area contributed by atoms with Gasteiger partial charge in [-0.2, -0.15) is 0 Å². The van der Waals surface area contributed by atoms with E-state index in [0.717, 1.165) is 29.7 Å². The van der Waals surface area contributed by atoms with Crippen LogP contribution in [0, 0.1) is 0 Å². The number of hydrogen-bond donors (Lipinski definition) is 1. The van der Waals surface area contributed by atoms with Crippen molar-refractivity contribution in [3.8, 4) is 16.9 Å². The van der Waals surface area contributed by atoms with Gasteiger partial charge in [0.2, 0.25) is 0 Å². The lowest BCUT2D eigenvalue weighted by Gasteiger charge is -2.31. The molecule has 1 aliphatic carbocycles. The van der Waals surface area contributed by atoms with Gasteiger partial charge in [-0.3, -0.25) is 0 Å². The van der Waals surface area contributed by atoms with Crippen LogP contribution >= 0.6 is 0 Å². The molecule has 5 nitrogen and oxygen atoms in total. The number of hydrogen-bond acceptors (Lipinski definition) is 5. The van der Waals surface area contributed by atoms with Gasteiger partial charge in [0.1, 0.15) is 17.5 Å². The monoisotopic (exact) mass is 298 g/mol. The van der Waals surface area contributed by atoms with Crippen LogP contribution in [0.3, 0.4) is 0 Å². The smallest absolute Gasteiger partial charge is 0.357 e. The van der Waals surface area contributed by atoms with Gasteiger partial charge in [-0.1, -0.05) is 18.2 Å². The Balaban J connectivity index is 1.67. The fourth-order valence-electron chi connectivity index (χ4n) is 2.38. The van der Waals surface area contributed by atoms with E-state index >= 15 is 0 Å². The Labute approximate surface area is 129 Å². The Morgan fingerprint density at radius 3 is 2.36 bits per heavy atom. The summed E-state index contributed by atoms with van der Waals surface area (Å²) in [6.07, 6.45) is 3.07. The van der Waals surface area contributed by atoms with E-state index < -0.39 is 5.97 Å². The van der Waals surface area contributed by atoms with Crippen LogP contribution in [0.15, 0.2) is 42.6 Å². The van der Waals surface area contributed by atoms with E-state index in [-0.39, 0.29) is 12.1 Å². The number of nitrogens with zero attached hydrogens (tertiary/aromatic N) is 1. The molecule has 2 aromatic rings. The first-order chi connectivity index (χ1) is 10.7. The summed E-state index contributed by atoms with van der Waals surface area (Å²) >= 11 is 0. The Hall–Kier alpha value is -2.40. The molecule has 1 aliphatic rings. The van der Waals surface area contributed by atoms with E-state index in [4.69, 9.17) is 15.2 Å². The molecule has 0 saturated heterocycles. The zero-order valence-corrected chi connectivity index (χ0v) is 12.4. The van der Waals surface area contributed by atoms with Crippen molar-refractivity contribution in [3.05, 3.63) is 48.3 Å². The summed E-state index contributed by atoms with van der Waals surface area (Å²) in [6, 6.07) is 11.4. The summed E-state index contributed by atoms with van der Waals surface area (Å²) in [4.78, 5) is 16.1. The average Bonchev–Trinajstić information content (AvgIpc) is 2.53. The second-order valence-electron chi connectivity index (χ2n) is 5.42. The van der Waals surface area contributed by atoms with Gasteiger partial charge in [-0.15, -0.1) is 0 Å². The lowest BCUT2D eigenvalue weighted by atomic mass is 9.90. The molecule has 1 aromatic carbocycles. The number of rotatable bonds is 4. The molecular weight excluding hydrogens is 280 g/mol. The van der Waals surface area contributed by atoms with Crippen LogP contribution in [0.5, 0.6) is 5.75 Å². The summed E-state index contributed by atoms with van der Waals surface area (Å²) in [5.74, 6) is 0.411. The SMILES string of the molecule is COc1ccc(-c2ccc(C(=O)OC3CC(N)C3)nc2)cc1. The molecule has 0 atom stereocenters. The first-order valence-electron chi connectivity index (χ1n) is 7.23. The van der Waals surface area contributed by atoms with Gasteiger partial charge in [-0.25, -0.2) is 9.78 Å². The molecule has 0 amide bonds. The average molecular weight is 298 g/mol. The van der Waals surface area contributed by atoms with Crippen molar-refractivity contribution in [3.63, 3.8) is 0 Å². The van der Waals surface area contributed by atoms with Crippen LogP contribution in [0.2, 0.25) is 0 Å². The third-order valence-corrected chi connectivity index (χ3v) is 3.80. The highest BCUT2D eigenvalue weighted by Gasteiger charge is 2.29. The maximum Gasteiger partial charge on any atom is 0.357 e. The molecule has 0 unspecified atom stereocenters. The molecule has 22 heavy (non-hydrogen) atoms. The number of esters is 1. The molecule has 0 spiro atoms. The number of methoxy groups -OCH3 is 1. The van der Waals surface area contributed by atoms with E-state index in [0.29, 0.717) is 5.69 Å². The van der Waals surface area contributed by atoms with E-state index in [1.54, 1.807) is 19.4 Å². The third-order valence-electron chi connectivity index (χ3n) is 3.80. The van der Waals surface area contributed by atoms with Crippen LogP contribution in [0.1, 0.15) is 23.3 Å². The Kier molecular flexibility index (Phi) is 4.06. The third kappa shape index (κ3) is 3.09. The number of pyridine rings is 1. The maximum atomic E-state index is 11.9. The molecule has 3 rings (SSSR count). The molecular formula is C17H18N2O3. The molecule has 0 radical (unpaired) electrons. The largest absolute Gasteiger partial charge is 0.497 e. The minimum absolute atomic E-state index is 0.0643. The lowest BCUT2D eigenvalue weighted by molar-refractivity contribution is 0.00262. The molecule has 2 N–H and O–H groups in total. The molecule has 0 aliphatic heterocycles. The first kappa shape index (κ1) is 14.5. The zero-order valence-electron chi connectivity index (χ0n) is 12.4. The normalized spacial score (nSPS) is 20.1. The highest BCUT2D eigenvalue weighted by molar-refractivity contribution is 5.87. The van der Waals surface area contributed by atoms with Crippen LogP contribution in [-0.4, -0.2) is 30.2 Å². The summed E-state index contributed by atoms with van der Waals surface area (Å²) < 4.78 is 10.5. The molecule has 1 aromatic heterocycles. The summed E-state index contributed by atoms with van der Waals surface area (Å²) in [6.45, 7) is 0. The van der Waals surface area contributed by atoms with E-state index in [9.17, 15) is 4.79 Å². The number of benzene rings is 1. The Bertz CT molecular complexity index is 647. The zero-order chi connectivity index (χ0) is 15.5. The molecule has 1 saturated carbocycles. The summed E-state index contributed by atoms with van der Waals surface area (Å²) in [5.41, 5.74) is 7.94. The van der Waals surface area contributed by atoms with Crippen LogP contribution in [-0.2, 0) is 4.74 Å². The number of carbonyl (C=O) groups is 1. The molecule has 0 bridgehead atoms. The van der Waals surface area contributed by atoms with E-state index in [1.807, 2.05) is 30.3 Å². The van der Waals surface area contributed by atoms with Gasteiger partial charge < -0.3 is 15.2 Å². The number of aromatic nitrogens is 1. The minimum Gasteiger partial charge on any atom is -0.497 e. The van der Waals surface area contributed by atoms with E-state index in [1.165, 1.54) is 0 Å². The fraction of sp³-hybridized carbons (Fsp3) is 0.294. The van der Waals surface area contributed by atoms with E-state index in [2.05, 4.69) is 4.98 Å². The predicted molar refractivity (Wildman–Crippen MR) is 82.6 cm³/mol. The van der Waals surface area contributed by atoms with Gasteiger partial charge >= 0.3 is 5.97 Å². The van der Waals surface area contributed by atoms with Crippen LogP contribution < -0.4 is 10.5 Å². The number of carbonyl (C=O) groups excluding carboxylic acids is 1. The van der Waals surface area contributed by atoms with Gasteiger partial charge in [0, 0.05) is 17.8 Å². The maximum absolute atomic E-state index is 11.9. The lowest BCUT2D eigenvalue weighted by Crippen LogP contribution is -2.42. The van der Waals surface area contributed by atoms with Gasteiger partial charge in [-0.05, 0) is 36.6 Å². The minimum atomic E-state index is -0.391. The van der Waals surface area contributed by atoms with Gasteiger partial charge in [0.15, 0.2) is 0 Å². The Morgan fingerprint density at radius 1 is 1.14 bits per heavy atom. The van der Waals surface area contributed by atoms with Crippen molar-refractivity contribution in [2.24, 2.45) is 5.73 Å². The number of ether oxygens (including phenoxy) is 2. The quantitative estimate of drug-likeness (QED) is 0.877. The van der Waals surface area contributed by atoms with Crippen molar-refractivity contribution in [1.29, 1.82) is 0 Å².